The minimum absolute atomic E-state index is 0.147. The van der Waals surface area contributed by atoms with Crippen molar-refractivity contribution in [3.8, 4) is 0 Å². The second kappa shape index (κ2) is 8.52. The van der Waals surface area contributed by atoms with Crippen LogP contribution in [0.4, 0.5) is 11.4 Å². The predicted molar refractivity (Wildman–Crippen MR) is 107 cm³/mol. The van der Waals surface area contributed by atoms with Gasteiger partial charge < -0.3 is 15.7 Å². The molecule has 3 N–H and O–H groups in total. The SMILES string of the molecule is Cc1ccc(NC(=O)C2CC=CCC2C(=O)Nc2ccc(C(=O)O)cc2)cc1. The van der Waals surface area contributed by atoms with Gasteiger partial charge >= 0.3 is 5.97 Å². The number of amides is 2. The first-order valence-electron chi connectivity index (χ1n) is 9.11. The number of anilines is 2. The van der Waals surface area contributed by atoms with Crippen LogP contribution in [-0.4, -0.2) is 22.9 Å². The van der Waals surface area contributed by atoms with Crippen molar-refractivity contribution < 1.29 is 19.5 Å². The van der Waals surface area contributed by atoms with Crippen molar-refractivity contribution in [1.29, 1.82) is 0 Å². The van der Waals surface area contributed by atoms with Gasteiger partial charge in [-0.15, -0.1) is 0 Å². The van der Waals surface area contributed by atoms with E-state index < -0.39 is 17.8 Å². The molecule has 2 unspecified atom stereocenters. The van der Waals surface area contributed by atoms with E-state index >= 15 is 0 Å². The van der Waals surface area contributed by atoms with Gasteiger partial charge in [-0.25, -0.2) is 4.79 Å². The number of hydrogen-bond acceptors (Lipinski definition) is 3. The number of aryl methyl sites for hydroxylation is 1. The van der Waals surface area contributed by atoms with Gasteiger partial charge in [-0.05, 0) is 56.2 Å². The largest absolute Gasteiger partial charge is 0.478 e. The maximum Gasteiger partial charge on any atom is 0.335 e. The smallest absolute Gasteiger partial charge is 0.335 e. The minimum atomic E-state index is -1.02. The number of carbonyl (C=O) groups is 3. The second-order valence-electron chi connectivity index (χ2n) is 6.88. The van der Waals surface area contributed by atoms with E-state index in [1.165, 1.54) is 12.1 Å². The lowest BCUT2D eigenvalue weighted by Gasteiger charge is -2.26. The van der Waals surface area contributed by atoms with Crippen LogP contribution in [0.5, 0.6) is 0 Å². The summed E-state index contributed by atoms with van der Waals surface area (Å²) in [6.45, 7) is 1.97. The van der Waals surface area contributed by atoms with Crippen molar-refractivity contribution in [2.24, 2.45) is 11.8 Å². The lowest BCUT2D eigenvalue weighted by Crippen LogP contribution is -2.37. The van der Waals surface area contributed by atoms with Crippen LogP contribution in [0.3, 0.4) is 0 Å². The van der Waals surface area contributed by atoms with Crippen molar-refractivity contribution in [2.45, 2.75) is 19.8 Å². The number of carboxylic acid groups (broad SMARTS) is 1. The third-order valence-corrected chi connectivity index (χ3v) is 4.82. The molecule has 0 fully saturated rings. The molecule has 2 aromatic carbocycles. The van der Waals surface area contributed by atoms with Gasteiger partial charge in [-0.2, -0.15) is 0 Å². The molecule has 0 saturated carbocycles. The Morgan fingerprint density at radius 1 is 0.786 bits per heavy atom. The molecular weight excluding hydrogens is 356 g/mol. The number of carboxylic acids is 1. The molecule has 1 aliphatic rings. The molecule has 144 valence electrons. The van der Waals surface area contributed by atoms with Crippen LogP contribution in [0, 0.1) is 18.8 Å². The van der Waals surface area contributed by atoms with Gasteiger partial charge in [0.25, 0.3) is 0 Å². The maximum absolute atomic E-state index is 12.8. The van der Waals surface area contributed by atoms with Gasteiger partial charge in [-0.3, -0.25) is 9.59 Å². The zero-order chi connectivity index (χ0) is 20.1. The third-order valence-electron chi connectivity index (χ3n) is 4.82. The molecule has 0 heterocycles. The van der Waals surface area contributed by atoms with Crippen molar-refractivity contribution in [3.05, 3.63) is 71.8 Å². The van der Waals surface area contributed by atoms with Crippen molar-refractivity contribution in [1.82, 2.24) is 0 Å². The fraction of sp³-hybridized carbons (Fsp3) is 0.227. The maximum atomic E-state index is 12.8. The summed E-state index contributed by atoms with van der Waals surface area (Å²) in [7, 11) is 0. The Balaban J connectivity index is 1.68. The molecule has 6 heteroatoms. The zero-order valence-corrected chi connectivity index (χ0v) is 15.5. The number of allylic oxidation sites excluding steroid dienone is 2. The third kappa shape index (κ3) is 4.65. The molecule has 0 aromatic heterocycles. The van der Waals surface area contributed by atoms with Crippen molar-refractivity contribution in [2.75, 3.05) is 10.6 Å². The highest BCUT2D eigenvalue weighted by Crippen LogP contribution is 2.28. The molecule has 2 aromatic rings. The lowest BCUT2D eigenvalue weighted by molar-refractivity contribution is -0.129. The molecule has 3 rings (SSSR count). The Bertz CT molecular complexity index is 901. The van der Waals surface area contributed by atoms with Gasteiger partial charge in [-0.1, -0.05) is 29.8 Å². The van der Waals surface area contributed by atoms with Crippen molar-refractivity contribution in [3.63, 3.8) is 0 Å². The summed E-state index contributed by atoms with van der Waals surface area (Å²) in [5.41, 5.74) is 2.45. The Morgan fingerprint density at radius 2 is 1.21 bits per heavy atom. The summed E-state index contributed by atoms with van der Waals surface area (Å²) >= 11 is 0. The van der Waals surface area contributed by atoms with Crippen LogP contribution >= 0.6 is 0 Å². The van der Waals surface area contributed by atoms with E-state index in [2.05, 4.69) is 10.6 Å². The Kier molecular flexibility index (Phi) is 5.89. The summed E-state index contributed by atoms with van der Waals surface area (Å²) < 4.78 is 0. The van der Waals surface area contributed by atoms with E-state index in [9.17, 15) is 14.4 Å². The van der Waals surface area contributed by atoms with E-state index in [0.29, 0.717) is 24.2 Å². The number of benzene rings is 2. The van der Waals surface area contributed by atoms with Crippen molar-refractivity contribution >= 4 is 29.2 Å². The topological polar surface area (TPSA) is 95.5 Å². The Labute approximate surface area is 163 Å². The van der Waals surface area contributed by atoms with Gasteiger partial charge in [0.2, 0.25) is 11.8 Å². The predicted octanol–water partition coefficient (Wildman–Crippen LogP) is 3.85. The normalized spacial score (nSPS) is 18.3. The highest BCUT2D eigenvalue weighted by molar-refractivity contribution is 6.00. The average molecular weight is 378 g/mol. The Morgan fingerprint density at radius 3 is 1.64 bits per heavy atom. The molecule has 6 nitrogen and oxygen atoms in total. The van der Waals surface area contributed by atoms with Crippen LogP contribution in [-0.2, 0) is 9.59 Å². The number of aromatic carboxylic acids is 1. The fourth-order valence-corrected chi connectivity index (χ4v) is 3.20. The molecule has 1 aliphatic carbocycles. The molecule has 0 bridgehead atoms. The molecule has 2 atom stereocenters. The van der Waals surface area contributed by atoms with E-state index in [1.54, 1.807) is 12.1 Å². The van der Waals surface area contributed by atoms with Crippen LogP contribution in [0.25, 0.3) is 0 Å². The molecular formula is C22H22N2O4. The molecule has 0 saturated heterocycles. The van der Waals surface area contributed by atoms with E-state index in [-0.39, 0.29) is 17.4 Å². The summed E-state index contributed by atoms with van der Waals surface area (Å²) in [6, 6.07) is 13.5. The molecule has 0 radical (unpaired) electrons. The van der Waals surface area contributed by atoms with E-state index in [1.807, 2.05) is 43.3 Å². The standard InChI is InChI=1S/C22H22N2O4/c1-14-6-10-16(11-7-14)23-20(25)18-4-2-3-5-19(18)21(26)24-17-12-8-15(9-13-17)22(27)28/h2-3,6-13,18-19H,4-5H2,1H3,(H,23,25)(H,24,26)(H,27,28). The van der Waals surface area contributed by atoms with Crippen LogP contribution in [0.15, 0.2) is 60.7 Å². The van der Waals surface area contributed by atoms with Crippen LogP contribution < -0.4 is 10.6 Å². The quantitative estimate of drug-likeness (QED) is 0.689. The zero-order valence-electron chi connectivity index (χ0n) is 15.5. The lowest BCUT2D eigenvalue weighted by atomic mass is 9.81. The summed E-state index contributed by atoms with van der Waals surface area (Å²) in [5, 5.41) is 14.6. The minimum Gasteiger partial charge on any atom is -0.478 e. The molecule has 0 spiro atoms. The monoisotopic (exact) mass is 378 g/mol. The highest BCUT2D eigenvalue weighted by atomic mass is 16.4. The Hall–Kier alpha value is -3.41. The molecule has 28 heavy (non-hydrogen) atoms. The first-order chi connectivity index (χ1) is 13.4. The summed E-state index contributed by atoms with van der Waals surface area (Å²) in [6.07, 6.45) is 4.80. The molecule has 2 amide bonds. The van der Waals surface area contributed by atoms with Gasteiger partial charge in [0.05, 0.1) is 17.4 Å². The number of carbonyl (C=O) groups excluding carboxylic acids is 2. The number of rotatable bonds is 5. The highest BCUT2D eigenvalue weighted by Gasteiger charge is 2.34. The second-order valence-corrected chi connectivity index (χ2v) is 6.88. The molecule has 0 aliphatic heterocycles. The van der Waals surface area contributed by atoms with Crippen LogP contribution in [0.1, 0.15) is 28.8 Å². The first kappa shape index (κ1) is 19.4. The average Bonchev–Trinajstić information content (AvgIpc) is 2.70. The van der Waals surface area contributed by atoms with Gasteiger partial charge in [0, 0.05) is 11.4 Å². The number of nitrogens with one attached hydrogen (secondary N) is 2. The summed E-state index contributed by atoms with van der Waals surface area (Å²) in [4.78, 5) is 36.4. The van der Waals surface area contributed by atoms with E-state index in [4.69, 9.17) is 5.11 Å². The van der Waals surface area contributed by atoms with Gasteiger partial charge in [0.1, 0.15) is 0 Å². The fourth-order valence-electron chi connectivity index (χ4n) is 3.20. The van der Waals surface area contributed by atoms with Crippen LogP contribution in [0.2, 0.25) is 0 Å². The summed E-state index contributed by atoms with van der Waals surface area (Å²) in [5.74, 6) is -2.42. The first-order valence-corrected chi connectivity index (χ1v) is 9.11. The van der Waals surface area contributed by atoms with Gasteiger partial charge in [0.15, 0.2) is 0 Å². The van der Waals surface area contributed by atoms with E-state index in [0.717, 1.165) is 5.56 Å². The number of hydrogen-bond donors (Lipinski definition) is 3.